The average molecular weight is 443 g/mol. The molecule has 30 heavy (non-hydrogen) atoms. The number of thiocarbonyl (C=S) groups is 1. The van der Waals surface area contributed by atoms with Gasteiger partial charge in [-0.1, -0.05) is 43.6 Å². The molecule has 0 aromatic heterocycles. The zero-order valence-electron chi connectivity index (χ0n) is 17.1. The molecule has 7 heteroatoms. The van der Waals surface area contributed by atoms with Gasteiger partial charge in [0.25, 0.3) is 11.8 Å². The van der Waals surface area contributed by atoms with Crippen LogP contribution < -0.4 is 15.0 Å². The van der Waals surface area contributed by atoms with Crippen molar-refractivity contribution in [1.82, 2.24) is 5.32 Å². The van der Waals surface area contributed by atoms with Gasteiger partial charge in [0.15, 0.2) is 5.11 Å². The molecule has 156 valence electrons. The Labute approximate surface area is 186 Å². The molecule has 1 N–H and O–H groups in total. The lowest BCUT2D eigenvalue weighted by Crippen LogP contribution is -2.54. The lowest BCUT2D eigenvalue weighted by Gasteiger charge is -2.29. The maximum atomic E-state index is 13.1. The molecule has 0 bridgehead atoms. The summed E-state index contributed by atoms with van der Waals surface area (Å²) in [5.41, 5.74) is 2.34. The van der Waals surface area contributed by atoms with Gasteiger partial charge in [0.1, 0.15) is 11.3 Å². The quantitative estimate of drug-likeness (QED) is 0.392. The number of halogens is 1. The van der Waals surface area contributed by atoms with E-state index in [1.165, 1.54) is 11.0 Å². The summed E-state index contributed by atoms with van der Waals surface area (Å²) in [6.45, 7) is 6.04. The van der Waals surface area contributed by atoms with Gasteiger partial charge in [-0.25, -0.2) is 0 Å². The first-order chi connectivity index (χ1) is 14.3. The van der Waals surface area contributed by atoms with Crippen LogP contribution >= 0.6 is 23.8 Å². The van der Waals surface area contributed by atoms with Crippen LogP contribution in [0.4, 0.5) is 5.69 Å². The number of ether oxygens (including phenoxy) is 1. The van der Waals surface area contributed by atoms with E-state index in [0.29, 0.717) is 22.0 Å². The first-order valence-electron chi connectivity index (χ1n) is 9.80. The van der Waals surface area contributed by atoms with Crippen molar-refractivity contribution in [1.29, 1.82) is 0 Å². The third-order valence-corrected chi connectivity index (χ3v) is 5.45. The number of benzene rings is 2. The second kappa shape index (κ2) is 9.41. The third-order valence-electron chi connectivity index (χ3n) is 4.87. The molecule has 0 radical (unpaired) electrons. The summed E-state index contributed by atoms with van der Waals surface area (Å²) in [5, 5.41) is 3.06. The summed E-state index contributed by atoms with van der Waals surface area (Å²) in [5.74, 6) is -0.460. The zero-order valence-corrected chi connectivity index (χ0v) is 18.6. The predicted molar refractivity (Wildman–Crippen MR) is 124 cm³/mol. The molecule has 1 atom stereocenters. The Balaban J connectivity index is 1.91. The van der Waals surface area contributed by atoms with Crippen LogP contribution in [0.3, 0.4) is 0 Å². The van der Waals surface area contributed by atoms with Crippen molar-refractivity contribution < 1.29 is 14.3 Å². The van der Waals surface area contributed by atoms with Crippen molar-refractivity contribution in [2.24, 2.45) is 0 Å². The van der Waals surface area contributed by atoms with Crippen molar-refractivity contribution in [3.05, 3.63) is 64.2 Å². The second-order valence-electron chi connectivity index (χ2n) is 7.00. The number of hydrogen-bond donors (Lipinski definition) is 1. The molecule has 0 saturated carbocycles. The second-order valence-corrected chi connectivity index (χ2v) is 7.80. The van der Waals surface area contributed by atoms with Crippen molar-refractivity contribution in [2.75, 3.05) is 4.90 Å². The van der Waals surface area contributed by atoms with Gasteiger partial charge in [-0.2, -0.15) is 0 Å². The lowest BCUT2D eigenvalue weighted by atomic mass is 10.1. The number of nitrogens with one attached hydrogen (secondary N) is 1. The summed E-state index contributed by atoms with van der Waals surface area (Å²) >= 11 is 11.6. The van der Waals surface area contributed by atoms with Crippen LogP contribution in [0.15, 0.2) is 48.0 Å². The van der Waals surface area contributed by atoms with E-state index in [1.54, 1.807) is 18.2 Å². The summed E-state index contributed by atoms with van der Waals surface area (Å²) in [7, 11) is 0. The summed E-state index contributed by atoms with van der Waals surface area (Å²) in [6.07, 6.45) is 3.28. The predicted octanol–water partition coefficient (Wildman–Crippen LogP) is 4.91. The summed E-state index contributed by atoms with van der Waals surface area (Å²) < 4.78 is 5.77. The number of aryl methyl sites for hydroxylation is 1. The van der Waals surface area contributed by atoms with Crippen LogP contribution in [0.25, 0.3) is 6.08 Å². The van der Waals surface area contributed by atoms with E-state index in [9.17, 15) is 9.59 Å². The minimum absolute atomic E-state index is 0.0187. The van der Waals surface area contributed by atoms with Crippen molar-refractivity contribution in [2.45, 2.75) is 39.7 Å². The van der Waals surface area contributed by atoms with Crippen LogP contribution in [0, 0.1) is 0 Å². The molecule has 2 amide bonds. The molecule has 1 aliphatic rings. The highest BCUT2D eigenvalue weighted by Crippen LogP contribution is 2.29. The first kappa shape index (κ1) is 22.0. The van der Waals surface area contributed by atoms with Crippen molar-refractivity contribution in [3.63, 3.8) is 0 Å². The third kappa shape index (κ3) is 4.71. The Morgan fingerprint density at radius 3 is 2.47 bits per heavy atom. The van der Waals surface area contributed by atoms with Gasteiger partial charge in [0.05, 0.1) is 16.8 Å². The monoisotopic (exact) mass is 442 g/mol. The normalized spacial score (nSPS) is 16.6. The topological polar surface area (TPSA) is 58.6 Å². The highest BCUT2D eigenvalue weighted by molar-refractivity contribution is 7.80. The highest BCUT2D eigenvalue weighted by atomic mass is 35.5. The lowest BCUT2D eigenvalue weighted by molar-refractivity contribution is -0.122. The number of hydrogen-bond acceptors (Lipinski definition) is 4. The molecule has 2 aromatic carbocycles. The van der Waals surface area contributed by atoms with E-state index in [4.69, 9.17) is 28.6 Å². The van der Waals surface area contributed by atoms with E-state index < -0.39 is 11.8 Å². The maximum absolute atomic E-state index is 13.1. The Kier molecular flexibility index (Phi) is 6.90. The Morgan fingerprint density at radius 2 is 1.87 bits per heavy atom. The molecular formula is C23H23ClN2O3S. The van der Waals surface area contributed by atoms with E-state index in [-0.39, 0.29) is 16.8 Å². The van der Waals surface area contributed by atoms with Gasteiger partial charge >= 0.3 is 0 Å². The summed E-state index contributed by atoms with van der Waals surface area (Å²) in [6, 6.07) is 12.6. The minimum Gasteiger partial charge on any atom is -0.489 e. The number of nitrogens with zero attached hydrogens (tertiary/aromatic N) is 1. The molecule has 1 heterocycles. The van der Waals surface area contributed by atoms with E-state index >= 15 is 0 Å². The van der Waals surface area contributed by atoms with Crippen LogP contribution in [0.5, 0.6) is 5.75 Å². The van der Waals surface area contributed by atoms with E-state index in [0.717, 1.165) is 18.4 Å². The van der Waals surface area contributed by atoms with Gasteiger partial charge in [0.2, 0.25) is 0 Å². The smallest absolute Gasteiger partial charge is 0.270 e. The van der Waals surface area contributed by atoms with Gasteiger partial charge in [-0.15, -0.1) is 0 Å². The molecular weight excluding hydrogens is 420 g/mol. The molecule has 2 aromatic rings. The highest BCUT2D eigenvalue weighted by Gasteiger charge is 2.34. The number of carbonyl (C=O) groups is 2. The molecule has 5 nitrogen and oxygen atoms in total. The molecule has 0 aliphatic carbocycles. The fraction of sp³-hybridized carbons (Fsp3) is 0.261. The average Bonchev–Trinajstić information content (AvgIpc) is 2.73. The Bertz CT molecular complexity index is 1020. The van der Waals surface area contributed by atoms with Gasteiger partial charge in [-0.3, -0.25) is 19.8 Å². The van der Waals surface area contributed by atoms with Crippen LogP contribution in [0.2, 0.25) is 5.02 Å². The zero-order chi connectivity index (χ0) is 21.8. The molecule has 0 unspecified atom stereocenters. The van der Waals surface area contributed by atoms with Gasteiger partial charge in [-0.05, 0) is 73.5 Å². The van der Waals surface area contributed by atoms with E-state index in [1.807, 2.05) is 38.1 Å². The number of anilines is 1. The molecule has 0 spiro atoms. The SMILES string of the molecule is CCc1ccc(N2C(=O)/C(=C/c3ccc(O[C@@H](C)CC)c(Cl)c3)C(=O)NC2=S)cc1. The Hall–Kier alpha value is -2.70. The van der Waals surface area contributed by atoms with Crippen molar-refractivity contribution in [3.8, 4) is 5.75 Å². The van der Waals surface area contributed by atoms with Gasteiger partial charge < -0.3 is 4.74 Å². The fourth-order valence-electron chi connectivity index (χ4n) is 2.94. The molecule has 1 saturated heterocycles. The number of carbonyl (C=O) groups excluding carboxylic acids is 2. The standard InChI is InChI=1S/C23H23ClN2O3S/c1-4-14(3)29-20-11-8-16(13-19(20)24)12-18-21(27)25-23(30)26(22(18)28)17-9-6-15(5-2)7-10-17/h6-14H,4-5H2,1-3H3,(H,25,27,30)/b18-12+/t14-/m0/s1. The van der Waals surface area contributed by atoms with Crippen LogP contribution in [0.1, 0.15) is 38.3 Å². The largest absolute Gasteiger partial charge is 0.489 e. The van der Waals surface area contributed by atoms with Crippen molar-refractivity contribution >= 4 is 52.5 Å². The summed E-state index contributed by atoms with van der Waals surface area (Å²) in [4.78, 5) is 26.9. The Morgan fingerprint density at radius 1 is 1.17 bits per heavy atom. The number of rotatable bonds is 6. The number of amides is 2. The van der Waals surface area contributed by atoms with Crippen LogP contribution in [-0.2, 0) is 16.0 Å². The van der Waals surface area contributed by atoms with E-state index in [2.05, 4.69) is 12.2 Å². The molecule has 1 aliphatic heterocycles. The fourth-order valence-corrected chi connectivity index (χ4v) is 3.46. The molecule has 1 fully saturated rings. The first-order valence-corrected chi connectivity index (χ1v) is 10.6. The van der Waals surface area contributed by atoms with Gasteiger partial charge in [0, 0.05) is 0 Å². The maximum Gasteiger partial charge on any atom is 0.270 e. The minimum atomic E-state index is -0.539. The molecule has 3 rings (SSSR count). The van der Waals surface area contributed by atoms with Crippen LogP contribution in [-0.4, -0.2) is 23.0 Å².